The molecule has 0 saturated heterocycles. The molecule has 558 valence electrons. The SMILES string of the molecule is CC1(C)c2ccccc2-c2cc3ccc(N(c4ccc(-c5oc6c(ccc7c6ccc6c(-c8ccccc8)c(-c8ccc(N(c9ccc%10cc(-c%11cc%12ccccc%12o%11)ccc%10c9)c9ccc%10cc%11c(cc%10c9)C(C)(C)c9ccccc9-%11)cc8)oc67)c5-c5ccccc5)cc4)c4ccc5cc(-c6cc7c(o6)C=CCC7)ccc5c4)cc3cc21. The van der Waals surface area contributed by atoms with Gasteiger partial charge in [0.1, 0.15) is 45.6 Å². The molecule has 0 N–H and O–H groups in total. The zero-order valence-corrected chi connectivity index (χ0v) is 65.6. The third-order valence-corrected chi connectivity index (χ3v) is 25.8. The third kappa shape index (κ3) is 10.6. The summed E-state index contributed by atoms with van der Waals surface area (Å²) in [5.74, 6) is 4.31. The van der Waals surface area contributed by atoms with E-state index < -0.39 is 0 Å². The highest BCUT2D eigenvalue weighted by atomic mass is 16.3. The van der Waals surface area contributed by atoms with Gasteiger partial charge < -0.3 is 27.5 Å². The number of nitrogens with zero attached hydrogens (tertiary/aromatic N) is 2. The molecule has 0 aliphatic heterocycles. The molecule has 0 radical (unpaired) electrons. The number of furan rings is 4. The molecule has 0 atom stereocenters. The fourth-order valence-electron chi connectivity index (χ4n) is 19.8. The summed E-state index contributed by atoms with van der Waals surface area (Å²) in [7, 11) is 0. The Bertz CT molecular complexity index is 7750. The first-order valence-corrected chi connectivity index (χ1v) is 41.0. The summed E-state index contributed by atoms with van der Waals surface area (Å²) in [6.45, 7) is 9.44. The average molecular weight is 1510 g/mol. The van der Waals surface area contributed by atoms with Crippen LogP contribution in [0.15, 0.2) is 376 Å². The Hall–Kier alpha value is -14.7. The molecule has 3 aliphatic rings. The van der Waals surface area contributed by atoms with Crippen molar-refractivity contribution in [3.05, 3.63) is 392 Å². The maximum Gasteiger partial charge on any atom is 0.143 e. The molecule has 0 fully saturated rings. The van der Waals surface area contributed by atoms with Crippen molar-refractivity contribution in [1.29, 1.82) is 0 Å². The summed E-state index contributed by atoms with van der Waals surface area (Å²) in [5.41, 5.74) is 28.7. The molecule has 0 saturated carbocycles. The summed E-state index contributed by atoms with van der Waals surface area (Å²) >= 11 is 0. The first-order chi connectivity index (χ1) is 57.9. The molecule has 4 aromatic heterocycles. The van der Waals surface area contributed by atoms with Crippen LogP contribution in [0.1, 0.15) is 67.7 Å². The lowest BCUT2D eigenvalue weighted by atomic mass is 9.82. The van der Waals surface area contributed by atoms with Crippen LogP contribution in [0.4, 0.5) is 34.1 Å². The number of allylic oxidation sites excluding steroid dienone is 1. The minimum atomic E-state index is -0.143. The second kappa shape index (κ2) is 25.9. The molecule has 0 unspecified atom stereocenters. The van der Waals surface area contributed by atoms with Gasteiger partial charge in [-0.2, -0.15) is 0 Å². The van der Waals surface area contributed by atoms with E-state index in [0.717, 1.165) is 185 Å². The highest BCUT2D eigenvalue weighted by Gasteiger charge is 2.38. The van der Waals surface area contributed by atoms with Gasteiger partial charge in [-0.15, -0.1) is 0 Å². The lowest BCUT2D eigenvalue weighted by Crippen LogP contribution is -2.14. The van der Waals surface area contributed by atoms with Crippen molar-refractivity contribution in [2.24, 2.45) is 0 Å². The quantitative estimate of drug-likeness (QED) is 0.121. The van der Waals surface area contributed by atoms with E-state index in [1.54, 1.807) is 0 Å². The van der Waals surface area contributed by atoms with E-state index in [9.17, 15) is 0 Å². The van der Waals surface area contributed by atoms with Gasteiger partial charge in [0.25, 0.3) is 0 Å². The summed E-state index contributed by atoms with van der Waals surface area (Å²) in [4.78, 5) is 4.80. The van der Waals surface area contributed by atoms with Crippen LogP contribution < -0.4 is 9.80 Å². The Balaban J connectivity index is 0.615. The summed E-state index contributed by atoms with van der Waals surface area (Å²) < 4.78 is 27.8. The summed E-state index contributed by atoms with van der Waals surface area (Å²) in [6, 6.07) is 129. The average Bonchev–Trinajstić information content (AvgIpc) is 1.57. The molecular formula is C112H76N2O4. The van der Waals surface area contributed by atoms with Gasteiger partial charge in [-0.25, -0.2) is 0 Å². The summed E-state index contributed by atoms with van der Waals surface area (Å²) in [6.07, 6.45) is 6.35. The van der Waals surface area contributed by atoms with E-state index in [2.05, 4.69) is 389 Å². The number of para-hydroxylation sites is 1. The largest absolute Gasteiger partial charge is 0.456 e. The van der Waals surface area contributed by atoms with Crippen LogP contribution in [-0.2, 0) is 17.3 Å². The van der Waals surface area contributed by atoms with E-state index in [1.165, 1.54) is 71.6 Å². The standard InChI is InChI=1S/C112H76N2O4/c1-111(2)97-27-15-13-25-89(97)95-61-75-41-49-87(59-81(75)63-99(95)111)113(85-47-39-71-55-79(33-31-73(71)57-85)103-65-77-23-11-17-29-101(77)115-103)83-43-35-69(36-44-83)107-105(67-19-7-5-8-20-67)93-53-51-92-91(109(93)117-107)52-54-94-106(68-21-9-6-10-22-68)108(118-110(92)94)70-37-45-84(46-38-70)114(86-48-40-72-56-80(34-32-74(72)58-86)104-66-78-24-12-18-30-102(78)116-104)88-50-42-76-62-96-90-26-14-16-28-98(90)112(3,4)100(96)64-82(76)60-88/h5-11,13-23,25-66H,12,24H2,1-4H3. The maximum absolute atomic E-state index is 7.47. The van der Waals surface area contributed by atoms with Crippen LogP contribution in [0, 0.1) is 0 Å². The van der Waals surface area contributed by atoms with E-state index in [1.807, 2.05) is 12.1 Å². The van der Waals surface area contributed by atoms with Crippen molar-refractivity contribution in [3.63, 3.8) is 0 Å². The highest BCUT2D eigenvalue weighted by molar-refractivity contribution is 6.21. The smallest absolute Gasteiger partial charge is 0.143 e. The van der Waals surface area contributed by atoms with Crippen LogP contribution in [0.2, 0.25) is 0 Å². The normalized spacial score (nSPS) is 13.6. The van der Waals surface area contributed by atoms with Crippen molar-refractivity contribution < 1.29 is 17.7 Å². The molecule has 17 aromatic carbocycles. The molecule has 6 nitrogen and oxygen atoms in total. The Morgan fingerprint density at radius 3 is 1.14 bits per heavy atom. The lowest BCUT2D eigenvalue weighted by molar-refractivity contribution is 0.565. The second-order valence-electron chi connectivity index (χ2n) is 33.4. The molecule has 21 aromatic rings. The number of fused-ring (bicyclic) bond motifs is 17. The molecule has 3 aliphatic carbocycles. The molecule has 0 amide bonds. The minimum absolute atomic E-state index is 0.141. The van der Waals surface area contributed by atoms with E-state index in [-0.39, 0.29) is 10.8 Å². The molecule has 4 heterocycles. The first-order valence-electron chi connectivity index (χ1n) is 41.0. The fraction of sp³-hybridized carbons (Fsp3) is 0.0714. The number of hydrogen-bond donors (Lipinski definition) is 0. The molecule has 0 spiro atoms. The van der Waals surface area contributed by atoms with E-state index in [0.29, 0.717) is 0 Å². The first kappa shape index (κ1) is 67.8. The predicted molar refractivity (Wildman–Crippen MR) is 490 cm³/mol. The van der Waals surface area contributed by atoms with Crippen molar-refractivity contribution in [1.82, 2.24) is 0 Å². The fourth-order valence-corrected chi connectivity index (χ4v) is 19.8. The number of aryl methyl sites for hydroxylation is 1. The minimum Gasteiger partial charge on any atom is -0.456 e. The third-order valence-electron chi connectivity index (χ3n) is 25.8. The zero-order chi connectivity index (χ0) is 78.2. The van der Waals surface area contributed by atoms with E-state index in [4.69, 9.17) is 17.7 Å². The molecule has 118 heavy (non-hydrogen) atoms. The van der Waals surface area contributed by atoms with Crippen LogP contribution in [-0.4, -0.2) is 0 Å². The van der Waals surface area contributed by atoms with Crippen LogP contribution >= 0.6 is 0 Å². The Labute approximate surface area is 682 Å². The second-order valence-corrected chi connectivity index (χ2v) is 33.4. The Kier molecular flexibility index (Phi) is 14.9. The Morgan fingerprint density at radius 2 is 0.661 bits per heavy atom. The van der Waals surface area contributed by atoms with Gasteiger partial charge in [-0.1, -0.05) is 210 Å². The monoisotopic (exact) mass is 1510 g/mol. The van der Waals surface area contributed by atoms with Crippen molar-refractivity contribution in [2.45, 2.75) is 51.4 Å². The maximum atomic E-state index is 7.47. The van der Waals surface area contributed by atoms with Gasteiger partial charge in [0.15, 0.2) is 0 Å². The van der Waals surface area contributed by atoms with Crippen LogP contribution in [0.25, 0.3) is 183 Å². The zero-order valence-electron chi connectivity index (χ0n) is 65.6. The van der Waals surface area contributed by atoms with Crippen molar-refractivity contribution in [2.75, 3.05) is 9.80 Å². The van der Waals surface area contributed by atoms with Crippen molar-refractivity contribution in [3.8, 4) is 89.8 Å². The van der Waals surface area contributed by atoms with Crippen LogP contribution in [0.3, 0.4) is 0 Å². The molecule has 0 bridgehead atoms. The van der Waals surface area contributed by atoms with E-state index >= 15 is 0 Å². The number of hydrogen-bond acceptors (Lipinski definition) is 6. The van der Waals surface area contributed by atoms with Gasteiger partial charge in [-0.3, -0.25) is 0 Å². The topological polar surface area (TPSA) is 59.0 Å². The molecular weight excluding hydrogens is 1440 g/mol. The molecule has 24 rings (SSSR count). The Morgan fingerprint density at radius 1 is 0.263 bits per heavy atom. The van der Waals surface area contributed by atoms with Gasteiger partial charge in [0, 0.05) is 105 Å². The summed E-state index contributed by atoms with van der Waals surface area (Å²) in [5, 5.41) is 14.4. The van der Waals surface area contributed by atoms with Gasteiger partial charge in [-0.05, 0) is 299 Å². The van der Waals surface area contributed by atoms with Crippen molar-refractivity contribution >= 4 is 127 Å². The van der Waals surface area contributed by atoms with Gasteiger partial charge in [0.2, 0.25) is 0 Å². The van der Waals surface area contributed by atoms with Gasteiger partial charge in [0.05, 0.1) is 0 Å². The number of anilines is 6. The predicted octanol–water partition coefficient (Wildman–Crippen LogP) is 31.8. The number of benzene rings is 17. The lowest BCUT2D eigenvalue weighted by Gasteiger charge is -2.27. The number of rotatable bonds is 12. The molecule has 6 heteroatoms. The van der Waals surface area contributed by atoms with Gasteiger partial charge >= 0.3 is 0 Å². The highest BCUT2D eigenvalue weighted by Crippen LogP contribution is 2.55. The van der Waals surface area contributed by atoms with Crippen LogP contribution in [0.5, 0.6) is 0 Å².